The summed E-state index contributed by atoms with van der Waals surface area (Å²) in [6.45, 7) is 14.0. The Morgan fingerprint density at radius 2 is 1.92 bits per heavy atom. The van der Waals surface area contributed by atoms with Crippen molar-refractivity contribution < 1.29 is 19.4 Å². The summed E-state index contributed by atoms with van der Waals surface area (Å²) in [4.78, 5) is 27.0. The van der Waals surface area contributed by atoms with E-state index in [1.807, 2.05) is 27.7 Å². The van der Waals surface area contributed by atoms with Crippen LogP contribution in [-0.4, -0.2) is 47.6 Å². The smallest absolute Gasteiger partial charge is 0.331 e. The molecule has 0 aromatic heterocycles. The van der Waals surface area contributed by atoms with Crippen LogP contribution in [0.4, 0.5) is 0 Å². The van der Waals surface area contributed by atoms with Crippen LogP contribution in [0.2, 0.25) is 0 Å². The molecule has 0 radical (unpaired) electrons. The standard InChI is InChI=1S/C12H18N2O3.C5H13NO/c1-6(2)12(5)11(17)13-9(14-12)7(3)8(4)10(15)16;1-3-7-5(2)4-6/h6H,1-5H3,(H,15,16)(H,13,14,17);5H,3-4,6H2,1-2H3/b8-7-;. The molecule has 7 heteroatoms. The highest BCUT2D eigenvalue weighted by Gasteiger charge is 2.42. The van der Waals surface area contributed by atoms with E-state index in [0.717, 1.165) is 6.61 Å². The van der Waals surface area contributed by atoms with Crippen LogP contribution >= 0.6 is 0 Å². The van der Waals surface area contributed by atoms with E-state index in [-0.39, 0.29) is 23.5 Å². The fraction of sp³-hybridized carbons (Fsp3) is 0.706. The monoisotopic (exact) mass is 341 g/mol. The lowest BCUT2D eigenvalue weighted by Crippen LogP contribution is -2.41. The van der Waals surface area contributed by atoms with Crippen LogP contribution in [0.1, 0.15) is 48.5 Å². The second-order valence-corrected chi connectivity index (χ2v) is 6.27. The molecule has 7 nitrogen and oxygen atoms in total. The topological polar surface area (TPSA) is 114 Å². The molecular weight excluding hydrogens is 310 g/mol. The maximum Gasteiger partial charge on any atom is 0.331 e. The van der Waals surface area contributed by atoms with Crippen LogP contribution in [0.3, 0.4) is 0 Å². The highest BCUT2D eigenvalue weighted by atomic mass is 16.5. The lowest BCUT2D eigenvalue weighted by Gasteiger charge is -2.21. The molecule has 4 N–H and O–H groups in total. The zero-order chi connectivity index (χ0) is 19.1. The van der Waals surface area contributed by atoms with E-state index >= 15 is 0 Å². The number of nitrogens with two attached hydrogens (primary N) is 1. The van der Waals surface area contributed by atoms with Gasteiger partial charge in [-0.1, -0.05) is 13.8 Å². The summed E-state index contributed by atoms with van der Waals surface area (Å²) in [6.07, 6.45) is 0.227. The summed E-state index contributed by atoms with van der Waals surface area (Å²) in [5, 5.41) is 11.5. The minimum atomic E-state index is -1.00. The third kappa shape index (κ3) is 5.72. The summed E-state index contributed by atoms with van der Waals surface area (Å²) in [7, 11) is 0. The first kappa shape index (κ1) is 22.3. The number of amides is 1. The van der Waals surface area contributed by atoms with E-state index in [1.165, 1.54) is 6.92 Å². The number of carboxylic acid groups (broad SMARTS) is 1. The quantitative estimate of drug-likeness (QED) is 0.637. The molecule has 1 heterocycles. The van der Waals surface area contributed by atoms with E-state index in [1.54, 1.807) is 13.8 Å². The number of hydrogen-bond donors (Lipinski definition) is 3. The van der Waals surface area contributed by atoms with Crippen molar-refractivity contribution in [2.75, 3.05) is 13.2 Å². The van der Waals surface area contributed by atoms with Crippen molar-refractivity contribution in [2.24, 2.45) is 16.6 Å². The number of amidine groups is 1. The number of aliphatic imine (C=N–C) groups is 1. The molecule has 1 aliphatic heterocycles. The Bertz CT molecular complexity index is 526. The Labute approximate surface area is 144 Å². The lowest BCUT2D eigenvalue weighted by atomic mass is 9.89. The molecular formula is C17H31N3O4. The third-order valence-electron chi connectivity index (χ3n) is 4.18. The third-order valence-corrected chi connectivity index (χ3v) is 4.18. The molecule has 0 aromatic rings. The molecule has 24 heavy (non-hydrogen) atoms. The molecule has 0 fully saturated rings. The summed E-state index contributed by atoms with van der Waals surface area (Å²) < 4.78 is 5.07. The van der Waals surface area contributed by atoms with Gasteiger partial charge >= 0.3 is 5.97 Å². The van der Waals surface area contributed by atoms with Gasteiger partial charge in [-0.2, -0.15) is 0 Å². The molecule has 0 saturated carbocycles. The van der Waals surface area contributed by atoms with Gasteiger partial charge in [0.1, 0.15) is 11.4 Å². The Morgan fingerprint density at radius 3 is 2.21 bits per heavy atom. The molecule has 0 aliphatic carbocycles. The number of carbonyl (C=O) groups is 2. The van der Waals surface area contributed by atoms with E-state index < -0.39 is 11.5 Å². The zero-order valence-electron chi connectivity index (χ0n) is 15.8. The number of carboxylic acids is 1. The van der Waals surface area contributed by atoms with Gasteiger partial charge in [-0.05, 0) is 40.5 Å². The van der Waals surface area contributed by atoms with E-state index in [9.17, 15) is 9.59 Å². The first-order chi connectivity index (χ1) is 11.0. The van der Waals surface area contributed by atoms with Crippen molar-refractivity contribution in [1.29, 1.82) is 0 Å². The molecule has 138 valence electrons. The fourth-order valence-corrected chi connectivity index (χ4v) is 1.80. The molecule has 2 unspecified atom stereocenters. The van der Waals surface area contributed by atoms with Gasteiger partial charge in [0.15, 0.2) is 0 Å². The summed E-state index contributed by atoms with van der Waals surface area (Å²) in [5.74, 6) is -0.762. The number of hydrogen-bond acceptors (Lipinski definition) is 5. The van der Waals surface area contributed by atoms with Crippen molar-refractivity contribution in [3.8, 4) is 0 Å². The molecule has 0 saturated heterocycles. The van der Waals surface area contributed by atoms with Gasteiger partial charge in [0, 0.05) is 24.3 Å². The van der Waals surface area contributed by atoms with E-state index in [4.69, 9.17) is 15.6 Å². The van der Waals surface area contributed by atoms with Crippen LogP contribution in [0, 0.1) is 5.92 Å². The Hall–Kier alpha value is -1.73. The maximum atomic E-state index is 11.8. The van der Waals surface area contributed by atoms with E-state index in [0.29, 0.717) is 18.0 Å². The summed E-state index contributed by atoms with van der Waals surface area (Å²) in [6, 6.07) is 0. The highest BCUT2D eigenvalue weighted by molar-refractivity contribution is 6.16. The highest BCUT2D eigenvalue weighted by Crippen LogP contribution is 2.27. The predicted octanol–water partition coefficient (Wildman–Crippen LogP) is 1.72. The van der Waals surface area contributed by atoms with Crippen LogP contribution in [0.5, 0.6) is 0 Å². The molecule has 1 aliphatic rings. The molecule has 2 atom stereocenters. The van der Waals surface area contributed by atoms with Crippen molar-refractivity contribution >= 4 is 17.7 Å². The Morgan fingerprint density at radius 1 is 1.38 bits per heavy atom. The number of ether oxygens (including phenoxy) is 1. The average molecular weight is 341 g/mol. The van der Waals surface area contributed by atoms with Gasteiger partial charge in [-0.25, -0.2) is 4.79 Å². The zero-order valence-corrected chi connectivity index (χ0v) is 15.8. The fourth-order valence-electron chi connectivity index (χ4n) is 1.80. The predicted molar refractivity (Wildman–Crippen MR) is 95.0 cm³/mol. The van der Waals surface area contributed by atoms with Gasteiger partial charge in [0.2, 0.25) is 0 Å². The van der Waals surface area contributed by atoms with Gasteiger partial charge in [-0.3, -0.25) is 9.79 Å². The second-order valence-electron chi connectivity index (χ2n) is 6.27. The first-order valence-corrected chi connectivity index (χ1v) is 8.15. The maximum absolute atomic E-state index is 11.8. The molecule has 1 amide bonds. The van der Waals surface area contributed by atoms with Gasteiger partial charge < -0.3 is 20.9 Å². The summed E-state index contributed by atoms with van der Waals surface area (Å²) in [5.41, 5.74) is 5.11. The Kier molecular flexibility index (Phi) is 8.85. The van der Waals surface area contributed by atoms with Gasteiger partial charge in [-0.15, -0.1) is 0 Å². The number of nitrogens with zero attached hydrogens (tertiary/aromatic N) is 1. The largest absolute Gasteiger partial charge is 0.478 e. The first-order valence-electron chi connectivity index (χ1n) is 8.15. The Balaban J connectivity index is 0.000000640. The van der Waals surface area contributed by atoms with Crippen LogP contribution in [-0.2, 0) is 14.3 Å². The molecule has 0 bridgehead atoms. The van der Waals surface area contributed by atoms with Crippen molar-refractivity contribution in [3.05, 3.63) is 11.1 Å². The lowest BCUT2D eigenvalue weighted by molar-refractivity contribution is -0.132. The molecule has 0 spiro atoms. The number of nitrogens with one attached hydrogen (secondary N) is 1. The van der Waals surface area contributed by atoms with Gasteiger partial charge in [0.05, 0.1) is 6.10 Å². The number of rotatable bonds is 6. The van der Waals surface area contributed by atoms with Crippen LogP contribution in [0.25, 0.3) is 0 Å². The van der Waals surface area contributed by atoms with Crippen LogP contribution < -0.4 is 11.1 Å². The van der Waals surface area contributed by atoms with Crippen molar-refractivity contribution in [3.63, 3.8) is 0 Å². The normalized spacial score (nSPS) is 22.2. The van der Waals surface area contributed by atoms with Crippen molar-refractivity contribution in [2.45, 2.75) is 60.1 Å². The summed E-state index contributed by atoms with van der Waals surface area (Å²) >= 11 is 0. The van der Waals surface area contributed by atoms with Crippen molar-refractivity contribution in [1.82, 2.24) is 5.32 Å². The van der Waals surface area contributed by atoms with Crippen LogP contribution in [0.15, 0.2) is 16.1 Å². The molecule has 1 rings (SSSR count). The minimum Gasteiger partial charge on any atom is -0.478 e. The molecule has 0 aromatic carbocycles. The second kappa shape index (κ2) is 9.54. The SMILES string of the molecule is C/C(C(=O)O)=C(\C)C1=NC(C)(C(C)C)C(=O)N1.CCOC(C)CN. The minimum absolute atomic E-state index is 0.0536. The van der Waals surface area contributed by atoms with Gasteiger partial charge in [0.25, 0.3) is 5.91 Å². The number of carbonyl (C=O) groups excluding carboxylic acids is 1. The average Bonchev–Trinajstić information content (AvgIpc) is 2.83. The van der Waals surface area contributed by atoms with E-state index in [2.05, 4.69) is 10.3 Å². The number of aliphatic carboxylic acids is 1.